The minimum atomic E-state index is -0.597. The van der Waals surface area contributed by atoms with Crippen LogP contribution < -0.4 is 10.6 Å². The smallest absolute Gasteiger partial charge is 0.249 e. The highest BCUT2D eigenvalue weighted by Crippen LogP contribution is 2.09. The Labute approximate surface area is 105 Å². The SMILES string of the molecule is CC1C(=O)NC(=O)CN1C(=O)CC1COCCN1. The number of carbonyl (C=O) groups is 3. The van der Waals surface area contributed by atoms with Gasteiger partial charge in [0.2, 0.25) is 17.7 Å². The molecule has 0 radical (unpaired) electrons. The zero-order chi connectivity index (χ0) is 13.1. The standard InChI is InChI=1S/C11H17N3O4/c1-7-11(17)13-9(15)5-14(7)10(16)4-8-6-18-3-2-12-8/h7-8,12H,2-6H2,1H3,(H,13,15,17). The van der Waals surface area contributed by atoms with Gasteiger partial charge in [0.15, 0.2) is 0 Å². The number of piperazine rings is 1. The first kappa shape index (κ1) is 13.0. The highest BCUT2D eigenvalue weighted by atomic mass is 16.5. The average molecular weight is 255 g/mol. The number of hydrogen-bond acceptors (Lipinski definition) is 5. The lowest BCUT2D eigenvalue weighted by atomic mass is 10.1. The molecule has 0 aromatic heterocycles. The molecule has 100 valence electrons. The molecule has 0 saturated carbocycles. The molecule has 2 fully saturated rings. The molecule has 0 spiro atoms. The number of rotatable bonds is 2. The molecule has 0 bridgehead atoms. The molecular formula is C11H17N3O4. The van der Waals surface area contributed by atoms with Gasteiger partial charge in [-0.25, -0.2) is 0 Å². The predicted octanol–water partition coefficient (Wildman–Crippen LogP) is -1.76. The largest absolute Gasteiger partial charge is 0.378 e. The zero-order valence-corrected chi connectivity index (χ0v) is 10.3. The van der Waals surface area contributed by atoms with Crippen molar-refractivity contribution in [3.8, 4) is 0 Å². The molecule has 2 aliphatic rings. The van der Waals surface area contributed by atoms with Crippen molar-refractivity contribution >= 4 is 17.7 Å². The summed E-state index contributed by atoms with van der Waals surface area (Å²) in [5.74, 6) is -1.06. The minimum Gasteiger partial charge on any atom is -0.378 e. The van der Waals surface area contributed by atoms with E-state index in [1.807, 2.05) is 0 Å². The molecule has 0 aromatic carbocycles. The third-order valence-corrected chi connectivity index (χ3v) is 3.16. The van der Waals surface area contributed by atoms with Crippen LogP contribution in [0.4, 0.5) is 0 Å². The number of carbonyl (C=O) groups excluding carboxylic acids is 3. The molecule has 3 amide bonds. The van der Waals surface area contributed by atoms with E-state index in [-0.39, 0.29) is 24.9 Å². The second-order valence-electron chi connectivity index (χ2n) is 4.54. The Morgan fingerprint density at radius 2 is 2.28 bits per heavy atom. The fourth-order valence-electron chi connectivity index (χ4n) is 2.10. The summed E-state index contributed by atoms with van der Waals surface area (Å²) >= 11 is 0. The van der Waals surface area contributed by atoms with Gasteiger partial charge in [-0.3, -0.25) is 19.7 Å². The molecule has 0 aliphatic carbocycles. The first-order chi connectivity index (χ1) is 8.58. The molecule has 18 heavy (non-hydrogen) atoms. The van der Waals surface area contributed by atoms with Crippen LogP contribution in [0.5, 0.6) is 0 Å². The fourth-order valence-corrected chi connectivity index (χ4v) is 2.10. The number of imide groups is 1. The Morgan fingerprint density at radius 1 is 1.50 bits per heavy atom. The number of amides is 3. The first-order valence-corrected chi connectivity index (χ1v) is 6.02. The lowest BCUT2D eigenvalue weighted by Gasteiger charge is -2.33. The maximum absolute atomic E-state index is 12.1. The van der Waals surface area contributed by atoms with E-state index < -0.39 is 17.9 Å². The Hall–Kier alpha value is -1.47. The van der Waals surface area contributed by atoms with E-state index in [9.17, 15) is 14.4 Å². The van der Waals surface area contributed by atoms with Crippen LogP contribution in [0, 0.1) is 0 Å². The lowest BCUT2D eigenvalue weighted by molar-refractivity contribution is -0.150. The van der Waals surface area contributed by atoms with Crippen LogP contribution in [-0.2, 0) is 19.1 Å². The highest BCUT2D eigenvalue weighted by molar-refractivity contribution is 6.04. The zero-order valence-electron chi connectivity index (χ0n) is 10.3. The molecule has 2 aliphatic heterocycles. The first-order valence-electron chi connectivity index (χ1n) is 6.02. The van der Waals surface area contributed by atoms with Gasteiger partial charge < -0.3 is 15.0 Å². The van der Waals surface area contributed by atoms with Crippen LogP contribution in [0.1, 0.15) is 13.3 Å². The van der Waals surface area contributed by atoms with Crippen LogP contribution in [0.15, 0.2) is 0 Å². The Balaban J connectivity index is 1.94. The summed E-state index contributed by atoms with van der Waals surface area (Å²) in [4.78, 5) is 36.1. The Morgan fingerprint density at radius 3 is 2.94 bits per heavy atom. The number of nitrogens with one attached hydrogen (secondary N) is 2. The van der Waals surface area contributed by atoms with Crippen LogP contribution in [0.3, 0.4) is 0 Å². The normalized spacial score (nSPS) is 29.1. The second-order valence-corrected chi connectivity index (χ2v) is 4.54. The van der Waals surface area contributed by atoms with Crippen LogP contribution >= 0.6 is 0 Å². The maximum Gasteiger partial charge on any atom is 0.249 e. The lowest BCUT2D eigenvalue weighted by Crippen LogP contribution is -2.59. The van der Waals surface area contributed by atoms with E-state index in [0.29, 0.717) is 19.8 Å². The molecule has 2 unspecified atom stereocenters. The van der Waals surface area contributed by atoms with Crippen molar-refractivity contribution in [1.82, 2.24) is 15.5 Å². The summed E-state index contributed by atoms with van der Waals surface area (Å²) in [6, 6.07) is -0.641. The summed E-state index contributed by atoms with van der Waals surface area (Å²) in [7, 11) is 0. The Bertz CT molecular complexity index is 365. The van der Waals surface area contributed by atoms with Gasteiger partial charge in [0.05, 0.1) is 13.2 Å². The fraction of sp³-hybridized carbons (Fsp3) is 0.727. The minimum absolute atomic E-state index is 0.0430. The molecule has 7 nitrogen and oxygen atoms in total. The van der Waals surface area contributed by atoms with Crippen LogP contribution in [-0.4, -0.2) is 61.0 Å². The number of ether oxygens (including phenoxy) is 1. The van der Waals surface area contributed by atoms with Gasteiger partial charge >= 0.3 is 0 Å². The van der Waals surface area contributed by atoms with Crippen LogP contribution in [0.2, 0.25) is 0 Å². The van der Waals surface area contributed by atoms with Crippen molar-refractivity contribution < 1.29 is 19.1 Å². The molecule has 2 rings (SSSR count). The van der Waals surface area contributed by atoms with E-state index in [2.05, 4.69) is 10.6 Å². The van der Waals surface area contributed by atoms with Crippen molar-refractivity contribution in [2.45, 2.75) is 25.4 Å². The second kappa shape index (κ2) is 5.45. The summed E-state index contributed by atoms with van der Waals surface area (Å²) in [6.07, 6.45) is 0.241. The van der Waals surface area contributed by atoms with Gasteiger partial charge in [-0.1, -0.05) is 0 Å². The molecule has 2 saturated heterocycles. The predicted molar refractivity (Wildman–Crippen MR) is 61.6 cm³/mol. The van der Waals surface area contributed by atoms with Gasteiger partial charge in [-0.05, 0) is 6.92 Å². The van der Waals surface area contributed by atoms with Crippen molar-refractivity contribution in [3.63, 3.8) is 0 Å². The third-order valence-electron chi connectivity index (χ3n) is 3.16. The molecule has 2 heterocycles. The Kier molecular flexibility index (Phi) is 3.93. The van der Waals surface area contributed by atoms with E-state index in [1.54, 1.807) is 6.92 Å². The summed E-state index contributed by atoms with van der Waals surface area (Å²) < 4.78 is 5.26. The summed E-state index contributed by atoms with van der Waals surface area (Å²) in [5.41, 5.74) is 0. The van der Waals surface area contributed by atoms with E-state index >= 15 is 0 Å². The van der Waals surface area contributed by atoms with Gasteiger partial charge in [0.1, 0.15) is 12.6 Å². The molecule has 7 heteroatoms. The number of morpholine rings is 1. The summed E-state index contributed by atoms with van der Waals surface area (Å²) in [5, 5.41) is 5.37. The molecule has 2 atom stereocenters. The van der Waals surface area contributed by atoms with Crippen LogP contribution in [0.25, 0.3) is 0 Å². The maximum atomic E-state index is 12.1. The molecule has 2 N–H and O–H groups in total. The quantitative estimate of drug-likeness (QED) is 0.571. The van der Waals surface area contributed by atoms with Gasteiger partial charge in [-0.2, -0.15) is 0 Å². The number of nitrogens with zero attached hydrogens (tertiary/aromatic N) is 1. The topological polar surface area (TPSA) is 87.7 Å². The molecule has 0 aromatic rings. The van der Waals surface area contributed by atoms with Crippen molar-refractivity contribution in [3.05, 3.63) is 0 Å². The van der Waals surface area contributed by atoms with Crippen molar-refractivity contribution in [1.29, 1.82) is 0 Å². The van der Waals surface area contributed by atoms with Gasteiger partial charge in [0.25, 0.3) is 0 Å². The monoisotopic (exact) mass is 255 g/mol. The van der Waals surface area contributed by atoms with Gasteiger partial charge in [-0.15, -0.1) is 0 Å². The number of hydrogen-bond donors (Lipinski definition) is 2. The van der Waals surface area contributed by atoms with Gasteiger partial charge in [0, 0.05) is 19.0 Å². The highest BCUT2D eigenvalue weighted by Gasteiger charge is 2.34. The molecular weight excluding hydrogens is 238 g/mol. The third kappa shape index (κ3) is 2.85. The van der Waals surface area contributed by atoms with Crippen molar-refractivity contribution in [2.75, 3.05) is 26.3 Å². The van der Waals surface area contributed by atoms with E-state index in [0.717, 1.165) is 0 Å². The van der Waals surface area contributed by atoms with Crippen molar-refractivity contribution in [2.24, 2.45) is 0 Å². The summed E-state index contributed by atoms with van der Waals surface area (Å²) in [6.45, 7) is 3.40. The average Bonchev–Trinajstić information content (AvgIpc) is 2.35. The van der Waals surface area contributed by atoms with E-state index in [1.165, 1.54) is 4.90 Å². The van der Waals surface area contributed by atoms with E-state index in [4.69, 9.17) is 4.74 Å².